The van der Waals surface area contributed by atoms with Gasteiger partial charge in [-0.3, -0.25) is 4.90 Å². The van der Waals surface area contributed by atoms with E-state index in [0.717, 1.165) is 13.1 Å². The number of hydrogen-bond donors (Lipinski definition) is 0. The molecule has 0 spiro atoms. The number of unbranched alkanes of at least 4 members (excludes halogenated alkanes) is 1. The highest BCUT2D eigenvalue weighted by Crippen LogP contribution is 2.53. The Labute approximate surface area is 179 Å². The van der Waals surface area contributed by atoms with Gasteiger partial charge in [0, 0.05) is 39.0 Å². The molecular weight excluding hydrogens is 356 g/mol. The highest BCUT2D eigenvalue weighted by atomic mass is 16.5. The van der Waals surface area contributed by atoms with Crippen LogP contribution in [-0.2, 0) is 11.3 Å². The van der Waals surface area contributed by atoms with Crippen molar-refractivity contribution < 1.29 is 4.74 Å². The third-order valence-corrected chi connectivity index (χ3v) is 6.94. The van der Waals surface area contributed by atoms with Gasteiger partial charge in [-0.05, 0) is 66.2 Å². The highest BCUT2D eigenvalue weighted by Gasteiger charge is 2.40. The maximum Gasteiger partial charge on any atom is 0.0713 e. The van der Waals surface area contributed by atoms with E-state index in [1.54, 1.807) is 12.7 Å². The molecule has 2 fully saturated rings. The fourth-order valence-corrected chi connectivity index (χ4v) is 6.14. The molecule has 164 valence electrons. The second kappa shape index (κ2) is 9.39. The Morgan fingerprint density at radius 3 is 2.24 bits per heavy atom. The van der Waals surface area contributed by atoms with Crippen molar-refractivity contribution in [3.05, 3.63) is 29.3 Å². The van der Waals surface area contributed by atoms with Gasteiger partial charge in [0.25, 0.3) is 0 Å². The molecule has 0 radical (unpaired) electrons. The van der Waals surface area contributed by atoms with E-state index in [9.17, 15) is 0 Å². The summed E-state index contributed by atoms with van der Waals surface area (Å²) >= 11 is 0. The number of methoxy groups -OCH3 is 1. The van der Waals surface area contributed by atoms with Crippen molar-refractivity contribution in [3.8, 4) is 0 Å². The molecule has 2 aliphatic rings. The van der Waals surface area contributed by atoms with Crippen LogP contribution in [0.15, 0.2) is 18.2 Å². The second-order valence-corrected chi connectivity index (χ2v) is 11.1. The fraction of sp³-hybridized carbons (Fsp3) is 0.769. The normalized spacial score (nSPS) is 22.8. The van der Waals surface area contributed by atoms with Crippen molar-refractivity contribution in [2.45, 2.75) is 79.2 Å². The van der Waals surface area contributed by atoms with Gasteiger partial charge in [-0.2, -0.15) is 0 Å². The number of nitrogens with zero attached hydrogens (tertiary/aromatic N) is 2. The van der Waals surface area contributed by atoms with Crippen LogP contribution in [0.5, 0.6) is 0 Å². The summed E-state index contributed by atoms with van der Waals surface area (Å²) in [6, 6.07) is 7.13. The lowest BCUT2D eigenvalue weighted by molar-refractivity contribution is 0.0969. The summed E-state index contributed by atoms with van der Waals surface area (Å²) in [7, 11) is 1.80. The number of ether oxygens (including phenoxy) is 1. The van der Waals surface area contributed by atoms with Crippen molar-refractivity contribution in [3.63, 3.8) is 0 Å². The third-order valence-electron chi connectivity index (χ3n) is 6.94. The number of benzene rings is 1. The van der Waals surface area contributed by atoms with Gasteiger partial charge in [0.15, 0.2) is 0 Å². The molecule has 3 heteroatoms. The largest absolute Gasteiger partial charge is 0.380 e. The molecule has 1 heterocycles. The van der Waals surface area contributed by atoms with Crippen molar-refractivity contribution >= 4 is 5.69 Å². The quantitative estimate of drug-likeness (QED) is 0.552. The standard InChI is InChI=1S/C26H44N2O/c1-7-8-11-27-12-14-28(15-13-27)24-10-9-21(19-29-6)16-23(24)22-17-25(2,3)20-26(4,5)18-22/h9-10,16,22H,7-8,11-15,17-20H2,1-6H3. The molecule has 1 aromatic rings. The predicted molar refractivity (Wildman–Crippen MR) is 125 cm³/mol. The first-order chi connectivity index (χ1) is 13.7. The van der Waals surface area contributed by atoms with Crippen LogP contribution in [0.1, 0.15) is 83.8 Å². The highest BCUT2D eigenvalue weighted by molar-refractivity contribution is 5.57. The first kappa shape index (κ1) is 22.6. The maximum absolute atomic E-state index is 5.47. The van der Waals surface area contributed by atoms with Crippen LogP contribution >= 0.6 is 0 Å². The summed E-state index contributed by atoms with van der Waals surface area (Å²) in [6.07, 6.45) is 6.51. The van der Waals surface area contributed by atoms with E-state index in [2.05, 4.69) is 62.6 Å². The minimum Gasteiger partial charge on any atom is -0.380 e. The van der Waals surface area contributed by atoms with Gasteiger partial charge < -0.3 is 9.64 Å². The zero-order valence-corrected chi connectivity index (χ0v) is 19.9. The van der Waals surface area contributed by atoms with Crippen LogP contribution in [0.2, 0.25) is 0 Å². The molecule has 0 atom stereocenters. The zero-order valence-electron chi connectivity index (χ0n) is 19.9. The molecule has 0 bridgehead atoms. The van der Waals surface area contributed by atoms with Crippen LogP contribution in [0.25, 0.3) is 0 Å². The Kier molecular flexibility index (Phi) is 7.32. The Hall–Kier alpha value is -1.06. The second-order valence-electron chi connectivity index (χ2n) is 11.1. The van der Waals surface area contributed by atoms with Gasteiger partial charge in [-0.25, -0.2) is 0 Å². The lowest BCUT2D eigenvalue weighted by atomic mass is 9.60. The van der Waals surface area contributed by atoms with Gasteiger partial charge in [-0.1, -0.05) is 53.2 Å². The van der Waals surface area contributed by atoms with Crippen molar-refractivity contribution in [1.29, 1.82) is 0 Å². The molecule has 1 saturated heterocycles. The van der Waals surface area contributed by atoms with Crippen LogP contribution in [0, 0.1) is 10.8 Å². The molecule has 0 aromatic heterocycles. The van der Waals surface area contributed by atoms with E-state index < -0.39 is 0 Å². The van der Waals surface area contributed by atoms with Crippen LogP contribution in [0.4, 0.5) is 5.69 Å². The van der Waals surface area contributed by atoms with Crippen molar-refractivity contribution in [1.82, 2.24) is 4.90 Å². The van der Waals surface area contributed by atoms with Crippen molar-refractivity contribution in [2.75, 3.05) is 44.7 Å². The molecule has 0 unspecified atom stereocenters. The SMILES string of the molecule is CCCCN1CCN(c2ccc(COC)cc2C2CC(C)(C)CC(C)(C)C2)CC1. The summed E-state index contributed by atoms with van der Waals surface area (Å²) in [5.74, 6) is 0.638. The van der Waals surface area contributed by atoms with E-state index in [1.165, 1.54) is 63.0 Å². The maximum atomic E-state index is 5.47. The molecule has 29 heavy (non-hydrogen) atoms. The molecular formula is C26H44N2O. The monoisotopic (exact) mass is 400 g/mol. The molecule has 1 aliphatic carbocycles. The Bertz CT molecular complexity index is 643. The zero-order chi connectivity index (χ0) is 21.1. The fourth-order valence-electron chi connectivity index (χ4n) is 6.14. The summed E-state index contributed by atoms with van der Waals surface area (Å²) in [4.78, 5) is 5.30. The number of hydrogen-bond acceptors (Lipinski definition) is 3. The van der Waals surface area contributed by atoms with E-state index in [4.69, 9.17) is 4.74 Å². The third kappa shape index (κ3) is 5.98. The first-order valence-electron chi connectivity index (χ1n) is 11.8. The van der Waals surface area contributed by atoms with E-state index >= 15 is 0 Å². The first-order valence-corrected chi connectivity index (χ1v) is 11.8. The number of piperazine rings is 1. The molecule has 0 N–H and O–H groups in total. The van der Waals surface area contributed by atoms with E-state index in [0.29, 0.717) is 23.4 Å². The van der Waals surface area contributed by atoms with Crippen LogP contribution in [-0.4, -0.2) is 44.7 Å². The Morgan fingerprint density at radius 2 is 1.66 bits per heavy atom. The Balaban J connectivity index is 1.84. The van der Waals surface area contributed by atoms with Crippen molar-refractivity contribution in [2.24, 2.45) is 10.8 Å². The lowest BCUT2D eigenvalue weighted by Gasteiger charge is -2.46. The van der Waals surface area contributed by atoms with Gasteiger partial charge in [-0.15, -0.1) is 0 Å². The molecule has 1 aromatic carbocycles. The summed E-state index contributed by atoms with van der Waals surface area (Å²) in [6.45, 7) is 18.8. The molecule has 3 nitrogen and oxygen atoms in total. The number of rotatable bonds is 7. The number of anilines is 1. The van der Waals surface area contributed by atoms with Gasteiger partial charge >= 0.3 is 0 Å². The summed E-state index contributed by atoms with van der Waals surface area (Å²) < 4.78 is 5.47. The summed E-state index contributed by atoms with van der Waals surface area (Å²) in [5.41, 5.74) is 5.18. The topological polar surface area (TPSA) is 15.7 Å². The van der Waals surface area contributed by atoms with Crippen LogP contribution in [0.3, 0.4) is 0 Å². The predicted octanol–water partition coefficient (Wildman–Crippen LogP) is 6.08. The average molecular weight is 401 g/mol. The van der Waals surface area contributed by atoms with E-state index in [-0.39, 0.29) is 0 Å². The lowest BCUT2D eigenvalue weighted by Crippen LogP contribution is -2.47. The molecule has 1 aliphatic heterocycles. The van der Waals surface area contributed by atoms with E-state index in [1.807, 2.05) is 0 Å². The Morgan fingerprint density at radius 1 is 1.00 bits per heavy atom. The summed E-state index contributed by atoms with van der Waals surface area (Å²) in [5, 5.41) is 0. The molecule has 0 amide bonds. The van der Waals surface area contributed by atoms with Gasteiger partial charge in [0.1, 0.15) is 0 Å². The molecule has 1 saturated carbocycles. The molecule has 3 rings (SSSR count). The minimum atomic E-state index is 0.403. The minimum absolute atomic E-state index is 0.403. The smallest absolute Gasteiger partial charge is 0.0713 e. The van der Waals surface area contributed by atoms with Gasteiger partial charge in [0.05, 0.1) is 6.61 Å². The average Bonchev–Trinajstić information content (AvgIpc) is 2.65. The van der Waals surface area contributed by atoms with Crippen LogP contribution < -0.4 is 4.90 Å². The van der Waals surface area contributed by atoms with Gasteiger partial charge in [0.2, 0.25) is 0 Å².